The summed E-state index contributed by atoms with van der Waals surface area (Å²) in [6.45, 7) is 14.2. The summed E-state index contributed by atoms with van der Waals surface area (Å²) in [5, 5.41) is 3.23. The van der Waals surface area contributed by atoms with E-state index in [0.29, 0.717) is 0 Å². The van der Waals surface area contributed by atoms with Gasteiger partial charge in [0.25, 0.3) is 0 Å². The molecule has 146 valence electrons. The molecule has 1 aliphatic carbocycles. The van der Waals surface area contributed by atoms with Crippen LogP contribution in [0.3, 0.4) is 0 Å². The number of allylic oxidation sites excluding steroid dienone is 5. The predicted molar refractivity (Wildman–Crippen MR) is 124 cm³/mol. The van der Waals surface area contributed by atoms with Crippen LogP contribution in [0.1, 0.15) is 48.6 Å². The molecule has 0 spiro atoms. The molecule has 3 rings (SSSR count). The van der Waals surface area contributed by atoms with Crippen LogP contribution in [0.2, 0.25) is 0 Å². The molecule has 0 saturated carbocycles. The highest BCUT2D eigenvalue weighted by molar-refractivity contribution is 5.93. The first-order chi connectivity index (χ1) is 13.5. The number of fused-ring (bicyclic) bond motifs is 1. The highest BCUT2D eigenvalue weighted by atomic mass is 14.8. The minimum absolute atomic E-state index is 0.950. The molecule has 1 aliphatic rings. The summed E-state index contributed by atoms with van der Waals surface area (Å²) in [5.74, 6) is 0. The Kier molecular flexibility index (Phi) is 6.36. The molecule has 0 saturated heterocycles. The minimum Gasteiger partial charge on any atom is -0.319 e. The Balaban J connectivity index is 2.25. The Morgan fingerprint density at radius 1 is 1.11 bits per heavy atom. The van der Waals surface area contributed by atoms with E-state index in [1.807, 2.05) is 7.05 Å². The summed E-state index contributed by atoms with van der Waals surface area (Å²) in [7, 11) is 2.01. The van der Waals surface area contributed by atoms with Crippen molar-refractivity contribution < 1.29 is 0 Å². The average Bonchev–Trinajstić information content (AvgIpc) is 2.70. The monoisotopic (exact) mass is 371 g/mol. The molecular formula is C27H33N. The molecule has 0 unspecified atom stereocenters. The molecule has 2 aromatic rings. The Bertz CT molecular complexity index is 939. The summed E-state index contributed by atoms with van der Waals surface area (Å²) in [4.78, 5) is 0. The third-order valence-electron chi connectivity index (χ3n) is 5.95. The average molecular weight is 372 g/mol. The smallest absolute Gasteiger partial charge is 0.00114 e. The summed E-state index contributed by atoms with van der Waals surface area (Å²) in [6.07, 6.45) is 7.47. The van der Waals surface area contributed by atoms with Crippen molar-refractivity contribution in [3.63, 3.8) is 0 Å². The number of hydrogen-bond donors (Lipinski definition) is 1. The topological polar surface area (TPSA) is 12.0 Å². The first-order valence-electron chi connectivity index (χ1n) is 10.4. The molecule has 0 amide bonds. The molecule has 0 radical (unpaired) electrons. The van der Waals surface area contributed by atoms with E-state index in [-0.39, 0.29) is 0 Å². The number of nitrogens with one attached hydrogen (secondary N) is 1. The lowest BCUT2D eigenvalue weighted by molar-refractivity contribution is 0.792. The van der Waals surface area contributed by atoms with Gasteiger partial charge in [-0.15, -0.1) is 0 Å². The Morgan fingerprint density at radius 2 is 1.82 bits per heavy atom. The van der Waals surface area contributed by atoms with Gasteiger partial charge in [0.05, 0.1) is 0 Å². The Morgan fingerprint density at radius 3 is 2.43 bits per heavy atom. The van der Waals surface area contributed by atoms with Crippen molar-refractivity contribution in [2.75, 3.05) is 13.6 Å². The molecular weight excluding hydrogens is 338 g/mol. The van der Waals surface area contributed by atoms with Crippen LogP contribution >= 0.6 is 0 Å². The van der Waals surface area contributed by atoms with Crippen molar-refractivity contribution in [3.8, 4) is 11.1 Å². The number of hydrogen-bond acceptors (Lipinski definition) is 1. The fraction of sp³-hybridized carbons (Fsp3) is 0.333. The molecule has 2 aromatic carbocycles. The van der Waals surface area contributed by atoms with E-state index in [9.17, 15) is 0 Å². The van der Waals surface area contributed by atoms with Gasteiger partial charge in [0.2, 0.25) is 0 Å². The third-order valence-corrected chi connectivity index (χ3v) is 5.95. The quantitative estimate of drug-likeness (QED) is 0.615. The molecule has 0 aliphatic heterocycles. The number of aryl methyl sites for hydroxylation is 2. The van der Waals surface area contributed by atoms with Gasteiger partial charge in [-0.2, -0.15) is 0 Å². The highest BCUT2D eigenvalue weighted by Crippen LogP contribution is 2.43. The van der Waals surface area contributed by atoms with E-state index in [1.165, 1.54) is 55.7 Å². The number of benzene rings is 2. The maximum absolute atomic E-state index is 4.36. The fourth-order valence-corrected chi connectivity index (χ4v) is 4.27. The van der Waals surface area contributed by atoms with Crippen molar-refractivity contribution in [3.05, 3.63) is 88.0 Å². The zero-order valence-corrected chi connectivity index (χ0v) is 18.1. The second-order valence-corrected chi connectivity index (χ2v) is 7.80. The van der Waals surface area contributed by atoms with Gasteiger partial charge in [-0.25, -0.2) is 0 Å². The molecule has 0 fully saturated rings. The highest BCUT2D eigenvalue weighted by Gasteiger charge is 2.24. The van der Waals surface area contributed by atoms with Crippen LogP contribution in [0.4, 0.5) is 0 Å². The standard InChI is InChI=1S/C27H33N/c1-7-9-24-20(5)18(3)17-25-19(4)16-22(8-2)26(27(24)25)23-12-10-21(11-13-23)14-15-28-6/h7,9-13,16,28H,3,8,14-15,17H2,1-2,4-6H3/b9-7-. The van der Waals surface area contributed by atoms with Crippen LogP contribution in [0.15, 0.2) is 60.2 Å². The first-order valence-corrected chi connectivity index (χ1v) is 10.4. The van der Waals surface area contributed by atoms with Crippen LogP contribution in [-0.2, 0) is 19.3 Å². The van der Waals surface area contributed by atoms with Crippen LogP contribution in [0.25, 0.3) is 16.7 Å². The molecule has 0 bridgehead atoms. The summed E-state index contributed by atoms with van der Waals surface area (Å²) in [5.41, 5.74) is 13.7. The van der Waals surface area contributed by atoms with Crippen LogP contribution < -0.4 is 5.32 Å². The zero-order valence-electron chi connectivity index (χ0n) is 18.1. The maximum Gasteiger partial charge on any atom is -0.00114 e. The van der Waals surface area contributed by atoms with Crippen LogP contribution in [0.5, 0.6) is 0 Å². The van der Waals surface area contributed by atoms with Gasteiger partial charge in [0, 0.05) is 0 Å². The zero-order chi connectivity index (χ0) is 20.3. The van der Waals surface area contributed by atoms with Gasteiger partial charge in [-0.3, -0.25) is 0 Å². The van der Waals surface area contributed by atoms with Gasteiger partial charge in [-0.1, -0.05) is 56.0 Å². The number of rotatable bonds is 6. The Labute approximate surface area is 170 Å². The summed E-state index contributed by atoms with van der Waals surface area (Å²) >= 11 is 0. The lowest BCUT2D eigenvalue weighted by Gasteiger charge is -2.28. The second kappa shape index (κ2) is 8.75. The molecule has 28 heavy (non-hydrogen) atoms. The van der Waals surface area contributed by atoms with E-state index in [2.05, 4.69) is 82.1 Å². The molecule has 0 atom stereocenters. The van der Waals surface area contributed by atoms with Crippen LogP contribution in [-0.4, -0.2) is 13.6 Å². The van der Waals surface area contributed by atoms with Crippen molar-refractivity contribution in [2.24, 2.45) is 0 Å². The van der Waals surface area contributed by atoms with Crippen molar-refractivity contribution in [1.82, 2.24) is 5.32 Å². The molecule has 1 N–H and O–H groups in total. The lowest BCUT2D eigenvalue weighted by atomic mass is 9.76. The van der Waals surface area contributed by atoms with E-state index >= 15 is 0 Å². The van der Waals surface area contributed by atoms with Gasteiger partial charge in [-0.05, 0) is 109 Å². The van der Waals surface area contributed by atoms with E-state index in [4.69, 9.17) is 0 Å². The SMILES string of the molecule is C=C1Cc2c(C)cc(CC)c(-c3ccc(CCNC)cc3)c2C(/C=C\C)=C1C. The van der Waals surface area contributed by atoms with Gasteiger partial charge in [0.15, 0.2) is 0 Å². The lowest BCUT2D eigenvalue weighted by Crippen LogP contribution is -2.11. The van der Waals surface area contributed by atoms with Crippen LogP contribution in [0, 0.1) is 6.92 Å². The van der Waals surface area contributed by atoms with E-state index in [0.717, 1.165) is 25.8 Å². The van der Waals surface area contributed by atoms with Crippen molar-refractivity contribution in [2.45, 2.75) is 47.0 Å². The normalized spacial score (nSPS) is 14.1. The maximum atomic E-state index is 4.36. The predicted octanol–water partition coefficient (Wildman–Crippen LogP) is 6.45. The minimum atomic E-state index is 0.950. The summed E-state index contributed by atoms with van der Waals surface area (Å²) < 4.78 is 0. The summed E-state index contributed by atoms with van der Waals surface area (Å²) in [6, 6.07) is 11.6. The fourth-order valence-electron chi connectivity index (χ4n) is 4.27. The molecule has 0 aromatic heterocycles. The van der Waals surface area contributed by atoms with Crippen molar-refractivity contribution >= 4 is 5.57 Å². The second-order valence-electron chi connectivity index (χ2n) is 7.80. The van der Waals surface area contributed by atoms with E-state index < -0.39 is 0 Å². The number of likely N-dealkylation sites (N-methyl/N-ethyl adjacent to an activating group) is 1. The van der Waals surface area contributed by atoms with E-state index in [1.54, 1.807) is 0 Å². The van der Waals surface area contributed by atoms with Gasteiger partial charge in [0.1, 0.15) is 0 Å². The van der Waals surface area contributed by atoms with Gasteiger partial charge >= 0.3 is 0 Å². The largest absolute Gasteiger partial charge is 0.319 e. The first kappa shape index (κ1) is 20.4. The molecule has 0 heterocycles. The molecule has 1 heteroatoms. The Hall–Kier alpha value is -2.38. The van der Waals surface area contributed by atoms with Crippen molar-refractivity contribution in [1.29, 1.82) is 0 Å². The van der Waals surface area contributed by atoms with Gasteiger partial charge < -0.3 is 5.32 Å². The molecule has 1 nitrogen and oxygen atoms in total. The third kappa shape index (κ3) is 3.77.